The second kappa shape index (κ2) is 11.5. The molecule has 0 spiro atoms. The van der Waals surface area contributed by atoms with E-state index in [1.807, 2.05) is 0 Å². The molecule has 1 saturated heterocycles. The van der Waals surface area contributed by atoms with E-state index in [0.717, 1.165) is 5.56 Å². The van der Waals surface area contributed by atoms with Gasteiger partial charge in [-0.2, -0.15) is 0 Å². The number of para-hydroxylation sites is 1. The topological polar surface area (TPSA) is 87.7 Å². The summed E-state index contributed by atoms with van der Waals surface area (Å²) in [5.41, 5.74) is 1.15. The zero-order chi connectivity index (χ0) is 26.7. The average Bonchev–Trinajstić information content (AvgIpc) is 3.09. The van der Waals surface area contributed by atoms with E-state index in [9.17, 15) is 18.8 Å². The van der Waals surface area contributed by atoms with Crippen molar-refractivity contribution in [1.82, 2.24) is 10.2 Å². The molecule has 4 amide bonds. The lowest BCUT2D eigenvalue weighted by Crippen LogP contribution is -2.38. The van der Waals surface area contributed by atoms with Crippen molar-refractivity contribution in [1.29, 1.82) is 0 Å². The third kappa shape index (κ3) is 6.42. The molecule has 0 atom stereocenters. The second-order valence-electron chi connectivity index (χ2n) is 7.76. The summed E-state index contributed by atoms with van der Waals surface area (Å²) >= 11 is 21.8. The third-order valence-corrected chi connectivity index (χ3v) is 6.72. The summed E-state index contributed by atoms with van der Waals surface area (Å²) in [5, 5.41) is 5.84. The van der Waals surface area contributed by atoms with Crippen LogP contribution in [0.3, 0.4) is 0 Å². The van der Waals surface area contributed by atoms with Crippen LogP contribution in [0.15, 0.2) is 64.8 Å². The van der Waals surface area contributed by atoms with Gasteiger partial charge in [0.05, 0.1) is 25.2 Å². The van der Waals surface area contributed by atoms with Crippen LogP contribution in [0.4, 0.5) is 14.9 Å². The Labute approximate surface area is 234 Å². The number of halogens is 5. The fourth-order valence-corrected chi connectivity index (χ4v) is 4.67. The quantitative estimate of drug-likeness (QED) is 0.227. The maximum atomic E-state index is 13.8. The number of imide groups is 1. The fraction of sp³-hybridized carbons (Fsp3) is 0.0800. The van der Waals surface area contributed by atoms with Crippen molar-refractivity contribution in [2.24, 2.45) is 0 Å². The van der Waals surface area contributed by atoms with E-state index >= 15 is 0 Å². The standard InChI is InChI=1S/C25H16BrCl3FN3O4/c26-15-7-14(9-18(29)23(15)37-12-13-5-6-16(27)17(28)8-13)10-21-24(35)33(25(36)32-21)11-22(34)31-20-4-2-1-3-19(20)30/h1-10H,11-12H2,(H,31,34)(H,32,36)/b21-10+. The van der Waals surface area contributed by atoms with Crippen molar-refractivity contribution in [3.8, 4) is 5.75 Å². The van der Waals surface area contributed by atoms with Gasteiger partial charge in [-0.25, -0.2) is 14.1 Å². The lowest BCUT2D eigenvalue weighted by Gasteiger charge is -2.12. The Morgan fingerprint density at radius 2 is 1.81 bits per heavy atom. The van der Waals surface area contributed by atoms with Crippen molar-refractivity contribution < 1.29 is 23.5 Å². The highest BCUT2D eigenvalue weighted by Crippen LogP contribution is 2.36. The van der Waals surface area contributed by atoms with Gasteiger partial charge in [-0.1, -0.05) is 53.0 Å². The maximum absolute atomic E-state index is 13.8. The van der Waals surface area contributed by atoms with Gasteiger partial charge in [0.2, 0.25) is 5.91 Å². The van der Waals surface area contributed by atoms with Crippen LogP contribution in [0.2, 0.25) is 15.1 Å². The van der Waals surface area contributed by atoms with Crippen molar-refractivity contribution >= 4 is 80.3 Å². The first-order valence-corrected chi connectivity index (χ1v) is 12.5. The SMILES string of the molecule is O=C(CN1C(=O)N/C(=C/c2cc(Cl)c(OCc3ccc(Cl)c(Cl)c3)c(Br)c2)C1=O)Nc1ccccc1F. The monoisotopic (exact) mass is 625 g/mol. The molecular formula is C25H16BrCl3FN3O4. The van der Waals surface area contributed by atoms with Crippen LogP contribution in [-0.4, -0.2) is 29.3 Å². The van der Waals surface area contributed by atoms with E-state index in [1.54, 1.807) is 36.4 Å². The molecule has 3 aromatic rings. The Hall–Kier alpha value is -3.11. The van der Waals surface area contributed by atoms with Crippen molar-refractivity contribution in [2.75, 3.05) is 11.9 Å². The number of nitrogens with one attached hydrogen (secondary N) is 2. The van der Waals surface area contributed by atoms with E-state index in [0.29, 0.717) is 30.7 Å². The maximum Gasteiger partial charge on any atom is 0.329 e. The number of urea groups is 1. The van der Waals surface area contributed by atoms with Gasteiger partial charge in [-0.05, 0) is 69.5 Å². The largest absolute Gasteiger partial charge is 0.486 e. The molecule has 1 fully saturated rings. The molecule has 4 rings (SSSR count). The zero-order valence-corrected chi connectivity index (χ0v) is 22.5. The second-order valence-corrected chi connectivity index (χ2v) is 9.83. The summed E-state index contributed by atoms with van der Waals surface area (Å²) in [6, 6.07) is 13.1. The summed E-state index contributed by atoms with van der Waals surface area (Å²) in [4.78, 5) is 38.1. The molecule has 1 heterocycles. The first-order valence-electron chi connectivity index (χ1n) is 10.6. The fourth-order valence-electron chi connectivity index (χ4n) is 3.36. The number of carbonyl (C=O) groups is 3. The number of ether oxygens (including phenoxy) is 1. The molecule has 1 aliphatic rings. The zero-order valence-electron chi connectivity index (χ0n) is 18.7. The Balaban J connectivity index is 1.44. The van der Waals surface area contributed by atoms with Gasteiger partial charge in [0, 0.05) is 0 Å². The summed E-state index contributed by atoms with van der Waals surface area (Å²) < 4.78 is 20.1. The predicted octanol–water partition coefficient (Wildman–Crippen LogP) is 6.66. The smallest absolute Gasteiger partial charge is 0.329 e. The lowest BCUT2D eigenvalue weighted by atomic mass is 10.1. The van der Waals surface area contributed by atoms with Gasteiger partial charge in [0.1, 0.15) is 24.7 Å². The number of hydrogen-bond acceptors (Lipinski definition) is 4. The van der Waals surface area contributed by atoms with E-state index in [2.05, 4.69) is 26.6 Å². The molecule has 37 heavy (non-hydrogen) atoms. The molecule has 1 aliphatic heterocycles. The highest BCUT2D eigenvalue weighted by molar-refractivity contribution is 9.10. The molecule has 0 unspecified atom stereocenters. The highest BCUT2D eigenvalue weighted by Gasteiger charge is 2.35. The molecule has 0 radical (unpaired) electrons. The number of amides is 4. The van der Waals surface area contributed by atoms with Gasteiger partial charge < -0.3 is 15.4 Å². The van der Waals surface area contributed by atoms with Crippen LogP contribution in [0.25, 0.3) is 6.08 Å². The van der Waals surface area contributed by atoms with E-state index < -0.39 is 30.2 Å². The van der Waals surface area contributed by atoms with Crippen LogP contribution < -0.4 is 15.4 Å². The molecule has 0 bridgehead atoms. The summed E-state index contributed by atoms with van der Waals surface area (Å²) in [5.74, 6) is -1.73. The lowest BCUT2D eigenvalue weighted by molar-refractivity contribution is -0.127. The van der Waals surface area contributed by atoms with Gasteiger partial charge >= 0.3 is 6.03 Å². The average molecular weight is 628 g/mol. The Morgan fingerprint density at radius 1 is 1.05 bits per heavy atom. The van der Waals surface area contributed by atoms with Gasteiger partial charge in [0.25, 0.3) is 5.91 Å². The molecule has 12 heteroatoms. The summed E-state index contributed by atoms with van der Waals surface area (Å²) in [7, 11) is 0. The minimum Gasteiger partial charge on any atom is -0.486 e. The molecule has 0 saturated carbocycles. The van der Waals surface area contributed by atoms with Crippen molar-refractivity contribution in [3.05, 3.63) is 96.8 Å². The van der Waals surface area contributed by atoms with Crippen LogP contribution in [-0.2, 0) is 16.2 Å². The van der Waals surface area contributed by atoms with E-state index in [1.165, 1.54) is 24.3 Å². The third-order valence-electron chi connectivity index (χ3n) is 5.11. The molecular weight excluding hydrogens is 612 g/mol. The Bertz CT molecular complexity index is 1430. The van der Waals surface area contributed by atoms with Gasteiger partial charge in [-0.15, -0.1) is 0 Å². The first kappa shape index (κ1) is 26.9. The number of nitrogens with zero attached hydrogens (tertiary/aromatic N) is 1. The van der Waals surface area contributed by atoms with Crippen molar-refractivity contribution in [2.45, 2.75) is 6.61 Å². The highest BCUT2D eigenvalue weighted by atomic mass is 79.9. The van der Waals surface area contributed by atoms with Crippen LogP contribution in [0.5, 0.6) is 5.75 Å². The first-order chi connectivity index (χ1) is 17.6. The Morgan fingerprint density at radius 3 is 2.51 bits per heavy atom. The summed E-state index contributed by atoms with van der Waals surface area (Å²) in [6.07, 6.45) is 1.41. The molecule has 0 aromatic heterocycles. The number of hydrogen-bond donors (Lipinski definition) is 2. The molecule has 7 nitrogen and oxygen atoms in total. The predicted molar refractivity (Wildman–Crippen MR) is 143 cm³/mol. The number of benzene rings is 3. The minimum atomic E-state index is -0.785. The molecule has 190 valence electrons. The Kier molecular flexibility index (Phi) is 8.39. The van der Waals surface area contributed by atoms with Crippen LogP contribution in [0.1, 0.15) is 11.1 Å². The van der Waals surface area contributed by atoms with Crippen molar-refractivity contribution in [3.63, 3.8) is 0 Å². The molecule has 0 aliphatic carbocycles. The molecule has 2 N–H and O–H groups in total. The normalized spacial score (nSPS) is 14.2. The van der Waals surface area contributed by atoms with Crippen LogP contribution >= 0.6 is 50.7 Å². The number of carbonyl (C=O) groups excluding carboxylic acids is 3. The van der Waals surface area contributed by atoms with Gasteiger partial charge in [0.15, 0.2) is 5.75 Å². The van der Waals surface area contributed by atoms with Crippen LogP contribution in [0, 0.1) is 5.82 Å². The van der Waals surface area contributed by atoms with E-state index in [-0.39, 0.29) is 23.0 Å². The van der Waals surface area contributed by atoms with E-state index in [4.69, 9.17) is 39.5 Å². The minimum absolute atomic E-state index is 0.0590. The summed E-state index contributed by atoms with van der Waals surface area (Å²) in [6.45, 7) is -0.420. The number of rotatable bonds is 7. The molecule has 3 aromatic carbocycles. The van der Waals surface area contributed by atoms with Gasteiger partial charge in [-0.3, -0.25) is 9.59 Å². The number of anilines is 1.